The van der Waals surface area contributed by atoms with Gasteiger partial charge in [0.1, 0.15) is 11.8 Å². The second-order valence-electron chi connectivity index (χ2n) is 9.31. The van der Waals surface area contributed by atoms with Crippen molar-refractivity contribution in [3.8, 4) is 5.75 Å². The smallest absolute Gasteiger partial charge is 0.242 e. The van der Waals surface area contributed by atoms with Gasteiger partial charge in [-0.2, -0.15) is 0 Å². The summed E-state index contributed by atoms with van der Waals surface area (Å²) in [5.74, 6) is 0.255. The molecule has 0 bridgehead atoms. The first-order chi connectivity index (χ1) is 17.5. The van der Waals surface area contributed by atoms with Gasteiger partial charge in [-0.1, -0.05) is 31.2 Å². The fourth-order valence-corrected chi connectivity index (χ4v) is 4.86. The van der Waals surface area contributed by atoms with E-state index >= 15 is 0 Å². The van der Waals surface area contributed by atoms with Gasteiger partial charge in [0, 0.05) is 25.6 Å². The summed E-state index contributed by atoms with van der Waals surface area (Å²) in [4.78, 5) is 27.9. The molecule has 8 nitrogen and oxygen atoms in total. The normalized spacial score (nSPS) is 12.9. The van der Waals surface area contributed by atoms with E-state index in [4.69, 9.17) is 4.74 Å². The van der Waals surface area contributed by atoms with Crippen molar-refractivity contribution in [3.05, 3.63) is 59.7 Å². The maximum atomic E-state index is 13.4. The molecule has 0 aromatic heterocycles. The van der Waals surface area contributed by atoms with Crippen LogP contribution < -0.4 is 14.4 Å². The number of carbonyl (C=O) groups is 2. The Morgan fingerprint density at radius 2 is 1.68 bits per heavy atom. The zero-order chi connectivity index (χ0) is 27.6. The number of sulfonamides is 1. The Hall–Kier alpha value is -3.07. The molecular formula is C28H41N3O5S. The topological polar surface area (TPSA) is 96.0 Å². The van der Waals surface area contributed by atoms with E-state index in [1.165, 1.54) is 4.31 Å². The summed E-state index contributed by atoms with van der Waals surface area (Å²) < 4.78 is 31.7. The number of benzene rings is 2. The van der Waals surface area contributed by atoms with Crippen LogP contribution in [0.3, 0.4) is 0 Å². The monoisotopic (exact) mass is 531 g/mol. The van der Waals surface area contributed by atoms with Crippen molar-refractivity contribution in [2.75, 3.05) is 23.7 Å². The van der Waals surface area contributed by atoms with E-state index in [1.807, 2.05) is 52.0 Å². The van der Waals surface area contributed by atoms with Gasteiger partial charge in [0.25, 0.3) is 0 Å². The van der Waals surface area contributed by atoms with Crippen LogP contribution in [0.25, 0.3) is 0 Å². The van der Waals surface area contributed by atoms with Gasteiger partial charge in [0.15, 0.2) is 0 Å². The zero-order valence-electron chi connectivity index (χ0n) is 22.9. The maximum Gasteiger partial charge on any atom is 0.242 e. The lowest BCUT2D eigenvalue weighted by Gasteiger charge is -2.30. The average Bonchev–Trinajstić information content (AvgIpc) is 2.85. The first-order valence-corrected chi connectivity index (χ1v) is 14.7. The summed E-state index contributed by atoms with van der Waals surface area (Å²) in [6.07, 6.45) is 2.35. The van der Waals surface area contributed by atoms with E-state index in [-0.39, 0.29) is 30.8 Å². The third-order valence-electron chi connectivity index (χ3n) is 6.36. The Morgan fingerprint density at radius 3 is 2.24 bits per heavy atom. The number of hydrogen-bond donors (Lipinski definition) is 1. The number of anilines is 1. The predicted octanol–water partition coefficient (Wildman–Crippen LogP) is 4.27. The SMILES string of the molecule is CCOc1ccc(N(CCCC(=O)N(Cc2ccccc2C)[C@@H](C)C(=O)N[C@@H](C)CC)S(C)(=O)=O)cc1. The van der Waals surface area contributed by atoms with Crippen LogP contribution in [0.2, 0.25) is 0 Å². The second kappa shape index (κ2) is 14.0. The van der Waals surface area contributed by atoms with Crippen LogP contribution in [-0.2, 0) is 26.2 Å². The molecule has 0 radical (unpaired) electrons. The number of carbonyl (C=O) groups excluding carboxylic acids is 2. The van der Waals surface area contributed by atoms with Gasteiger partial charge in [-0.25, -0.2) is 8.42 Å². The molecule has 0 aliphatic rings. The number of amides is 2. The lowest BCUT2D eigenvalue weighted by atomic mass is 10.1. The number of nitrogens with one attached hydrogen (secondary N) is 1. The molecule has 0 aliphatic carbocycles. The molecule has 0 aliphatic heterocycles. The second-order valence-corrected chi connectivity index (χ2v) is 11.2. The third kappa shape index (κ3) is 9.07. The molecule has 0 heterocycles. The van der Waals surface area contributed by atoms with Crippen LogP contribution in [0.1, 0.15) is 58.1 Å². The molecule has 9 heteroatoms. The summed E-state index contributed by atoms with van der Waals surface area (Å²) >= 11 is 0. The molecule has 2 amide bonds. The van der Waals surface area contributed by atoms with Crippen LogP contribution in [0.5, 0.6) is 5.75 Å². The molecule has 204 valence electrons. The first kappa shape index (κ1) is 30.2. The van der Waals surface area contributed by atoms with Crippen LogP contribution in [0.15, 0.2) is 48.5 Å². The Labute approximate surface area is 222 Å². The van der Waals surface area contributed by atoms with Crippen molar-refractivity contribution in [3.63, 3.8) is 0 Å². The van der Waals surface area contributed by atoms with Gasteiger partial charge >= 0.3 is 0 Å². The molecular weight excluding hydrogens is 490 g/mol. The van der Waals surface area contributed by atoms with Gasteiger partial charge in [0.2, 0.25) is 21.8 Å². The third-order valence-corrected chi connectivity index (χ3v) is 7.55. The molecule has 2 aromatic rings. The molecule has 37 heavy (non-hydrogen) atoms. The highest BCUT2D eigenvalue weighted by molar-refractivity contribution is 7.92. The standard InChI is InChI=1S/C28H41N3O5S/c1-7-22(4)29-28(33)23(5)30(20-24-13-10-9-12-21(24)3)27(32)14-11-19-31(37(6,34)35)25-15-17-26(18-16-25)36-8-2/h9-10,12-13,15-18,22-23H,7-8,11,14,19-20H2,1-6H3,(H,29,33)/t22-,23-/m0/s1. The molecule has 0 spiro atoms. The number of aryl methyl sites for hydroxylation is 1. The van der Waals surface area contributed by atoms with Crippen LogP contribution in [-0.4, -0.2) is 56.6 Å². The molecule has 0 fully saturated rings. The minimum Gasteiger partial charge on any atom is -0.494 e. The van der Waals surface area contributed by atoms with Crippen molar-refractivity contribution in [1.82, 2.24) is 10.2 Å². The van der Waals surface area contributed by atoms with E-state index < -0.39 is 16.1 Å². The van der Waals surface area contributed by atoms with Crippen molar-refractivity contribution in [2.45, 2.75) is 72.5 Å². The van der Waals surface area contributed by atoms with Gasteiger partial charge in [-0.05, 0) is 75.9 Å². The highest BCUT2D eigenvalue weighted by atomic mass is 32.2. The predicted molar refractivity (Wildman–Crippen MR) is 148 cm³/mol. The van der Waals surface area contributed by atoms with Gasteiger partial charge in [-0.3, -0.25) is 13.9 Å². The summed E-state index contributed by atoms with van der Waals surface area (Å²) in [6, 6.07) is 13.9. The van der Waals surface area contributed by atoms with Crippen LogP contribution >= 0.6 is 0 Å². The fourth-order valence-electron chi connectivity index (χ4n) is 3.90. The quantitative estimate of drug-likeness (QED) is 0.393. The molecule has 0 unspecified atom stereocenters. The number of ether oxygens (including phenoxy) is 1. The summed E-state index contributed by atoms with van der Waals surface area (Å²) in [7, 11) is -3.56. The molecule has 2 rings (SSSR count). The first-order valence-electron chi connectivity index (χ1n) is 12.8. The van der Waals surface area contributed by atoms with Crippen molar-refractivity contribution >= 4 is 27.5 Å². The van der Waals surface area contributed by atoms with Gasteiger partial charge < -0.3 is 15.0 Å². The maximum absolute atomic E-state index is 13.4. The number of rotatable bonds is 14. The number of nitrogens with zero attached hydrogens (tertiary/aromatic N) is 2. The minimum atomic E-state index is -3.56. The Bertz CT molecular complexity index is 1130. The van der Waals surface area contributed by atoms with Gasteiger partial charge in [0.05, 0.1) is 18.6 Å². The van der Waals surface area contributed by atoms with E-state index in [2.05, 4.69) is 5.32 Å². The highest BCUT2D eigenvalue weighted by Crippen LogP contribution is 2.23. The van der Waals surface area contributed by atoms with E-state index in [0.717, 1.165) is 23.8 Å². The molecule has 2 aromatic carbocycles. The van der Waals surface area contributed by atoms with Gasteiger partial charge in [-0.15, -0.1) is 0 Å². The van der Waals surface area contributed by atoms with E-state index in [9.17, 15) is 18.0 Å². The van der Waals surface area contributed by atoms with Crippen LogP contribution in [0, 0.1) is 6.92 Å². The van der Waals surface area contributed by atoms with Crippen molar-refractivity contribution < 1.29 is 22.7 Å². The Morgan fingerprint density at radius 1 is 1.03 bits per heavy atom. The summed E-state index contributed by atoms with van der Waals surface area (Å²) in [5.41, 5.74) is 2.51. The zero-order valence-corrected chi connectivity index (χ0v) is 23.7. The summed E-state index contributed by atoms with van der Waals surface area (Å²) in [5, 5.41) is 2.96. The highest BCUT2D eigenvalue weighted by Gasteiger charge is 2.27. The largest absolute Gasteiger partial charge is 0.494 e. The van der Waals surface area contributed by atoms with E-state index in [1.54, 1.807) is 36.1 Å². The molecule has 0 saturated heterocycles. The van der Waals surface area contributed by atoms with Crippen molar-refractivity contribution in [2.24, 2.45) is 0 Å². The lowest BCUT2D eigenvalue weighted by molar-refractivity contribution is -0.140. The Kier molecular flexibility index (Phi) is 11.4. The number of hydrogen-bond acceptors (Lipinski definition) is 5. The lowest BCUT2D eigenvalue weighted by Crippen LogP contribution is -2.49. The molecule has 0 saturated carbocycles. The summed E-state index contributed by atoms with van der Waals surface area (Å²) in [6.45, 7) is 10.5. The molecule has 1 N–H and O–H groups in total. The Balaban J connectivity index is 2.17. The van der Waals surface area contributed by atoms with E-state index in [0.29, 0.717) is 31.0 Å². The minimum absolute atomic E-state index is 0.00259. The fraction of sp³-hybridized carbons (Fsp3) is 0.500. The molecule has 2 atom stereocenters. The van der Waals surface area contributed by atoms with Crippen molar-refractivity contribution in [1.29, 1.82) is 0 Å². The van der Waals surface area contributed by atoms with Crippen LogP contribution in [0.4, 0.5) is 5.69 Å². The average molecular weight is 532 g/mol.